The molecule has 1 saturated heterocycles. The molecule has 0 radical (unpaired) electrons. The number of hydrogen-bond acceptors (Lipinski definition) is 4. The molecule has 0 bridgehead atoms. The van der Waals surface area contributed by atoms with Crippen LogP contribution in [0.1, 0.15) is 33.6 Å². The molecule has 6 heteroatoms. The smallest absolute Gasteiger partial charge is 0.410 e. The molecular weight excluding hydrogens is 419 g/mol. The number of ether oxygens (including phenoxy) is 2. The number of halogens is 1. The summed E-state index contributed by atoms with van der Waals surface area (Å²) in [7, 11) is 0. The van der Waals surface area contributed by atoms with Crippen molar-refractivity contribution in [3.05, 3.63) is 72.7 Å². The molecule has 2 heterocycles. The lowest BCUT2D eigenvalue weighted by atomic mass is 9.99. The van der Waals surface area contributed by atoms with Crippen molar-refractivity contribution in [2.45, 2.75) is 45.3 Å². The first kappa shape index (κ1) is 22.8. The van der Waals surface area contributed by atoms with Crippen LogP contribution in [0.3, 0.4) is 0 Å². The van der Waals surface area contributed by atoms with Crippen LogP contribution in [-0.2, 0) is 4.74 Å². The summed E-state index contributed by atoms with van der Waals surface area (Å²) in [6.07, 6.45) is 2.81. The van der Waals surface area contributed by atoms with Crippen molar-refractivity contribution in [3.63, 3.8) is 0 Å². The lowest BCUT2D eigenvalue weighted by molar-refractivity contribution is 0.0127. The van der Waals surface area contributed by atoms with Crippen molar-refractivity contribution < 1.29 is 18.7 Å². The van der Waals surface area contributed by atoms with Crippen molar-refractivity contribution >= 4 is 6.09 Å². The average Bonchev–Trinajstić information content (AvgIpc) is 2.80. The van der Waals surface area contributed by atoms with E-state index in [0.29, 0.717) is 37.2 Å². The van der Waals surface area contributed by atoms with E-state index in [4.69, 9.17) is 9.47 Å². The Hall–Kier alpha value is -3.41. The molecule has 1 aliphatic heterocycles. The molecule has 172 valence electrons. The van der Waals surface area contributed by atoms with Gasteiger partial charge in [-0.2, -0.15) is 0 Å². The van der Waals surface area contributed by atoms with Gasteiger partial charge < -0.3 is 14.4 Å². The zero-order valence-electron chi connectivity index (χ0n) is 19.3. The summed E-state index contributed by atoms with van der Waals surface area (Å²) in [6.45, 7) is 6.75. The van der Waals surface area contributed by atoms with Crippen molar-refractivity contribution in [1.29, 1.82) is 0 Å². The van der Waals surface area contributed by atoms with Gasteiger partial charge in [0.1, 0.15) is 23.3 Å². The summed E-state index contributed by atoms with van der Waals surface area (Å²) in [4.78, 5) is 18.6. The molecule has 1 aliphatic rings. The Morgan fingerprint density at radius 1 is 1.00 bits per heavy atom. The first-order valence-electron chi connectivity index (χ1n) is 11.2. The number of piperidine rings is 1. The lowest BCUT2D eigenvalue weighted by Gasteiger charge is -2.33. The minimum atomic E-state index is -0.512. The van der Waals surface area contributed by atoms with Gasteiger partial charge in [0.25, 0.3) is 0 Å². The van der Waals surface area contributed by atoms with Gasteiger partial charge in [-0.15, -0.1) is 0 Å². The van der Waals surface area contributed by atoms with E-state index < -0.39 is 5.60 Å². The van der Waals surface area contributed by atoms with Gasteiger partial charge in [0.15, 0.2) is 0 Å². The molecule has 2 aromatic carbocycles. The van der Waals surface area contributed by atoms with Gasteiger partial charge in [0.05, 0.1) is 5.69 Å². The summed E-state index contributed by atoms with van der Waals surface area (Å²) in [6, 6.07) is 18.1. The third-order valence-electron chi connectivity index (χ3n) is 5.49. The third-order valence-corrected chi connectivity index (χ3v) is 5.49. The molecule has 0 atom stereocenters. The normalized spacial score (nSPS) is 14.7. The van der Waals surface area contributed by atoms with Crippen molar-refractivity contribution in [2.75, 3.05) is 13.1 Å². The zero-order chi connectivity index (χ0) is 23.4. The van der Waals surface area contributed by atoms with Crippen LogP contribution in [0.15, 0.2) is 66.9 Å². The monoisotopic (exact) mass is 448 g/mol. The van der Waals surface area contributed by atoms with Gasteiger partial charge in [-0.05, 0) is 56.7 Å². The maximum absolute atomic E-state index is 14.4. The second-order valence-corrected chi connectivity index (χ2v) is 9.19. The van der Waals surface area contributed by atoms with Crippen LogP contribution in [-0.4, -0.2) is 40.8 Å². The van der Waals surface area contributed by atoms with Gasteiger partial charge in [-0.3, -0.25) is 4.98 Å². The fourth-order valence-electron chi connectivity index (χ4n) is 3.88. The lowest BCUT2D eigenvalue weighted by Crippen LogP contribution is -2.44. The molecule has 0 unspecified atom stereocenters. The maximum Gasteiger partial charge on any atom is 0.410 e. The van der Waals surface area contributed by atoms with Gasteiger partial charge >= 0.3 is 6.09 Å². The second kappa shape index (κ2) is 9.61. The van der Waals surface area contributed by atoms with Gasteiger partial charge in [0, 0.05) is 43.3 Å². The van der Waals surface area contributed by atoms with Crippen LogP contribution >= 0.6 is 0 Å². The molecule has 0 N–H and O–H groups in total. The highest BCUT2D eigenvalue weighted by atomic mass is 19.1. The van der Waals surface area contributed by atoms with Gasteiger partial charge in [0.2, 0.25) is 0 Å². The summed E-state index contributed by atoms with van der Waals surface area (Å²) >= 11 is 0. The topological polar surface area (TPSA) is 51.7 Å². The summed E-state index contributed by atoms with van der Waals surface area (Å²) in [5, 5.41) is 0. The number of aromatic nitrogens is 1. The van der Waals surface area contributed by atoms with E-state index in [1.165, 1.54) is 6.07 Å². The molecule has 1 aromatic heterocycles. The van der Waals surface area contributed by atoms with Gasteiger partial charge in [-0.1, -0.05) is 30.3 Å². The van der Waals surface area contributed by atoms with Gasteiger partial charge in [-0.25, -0.2) is 9.18 Å². The van der Waals surface area contributed by atoms with E-state index >= 15 is 0 Å². The first-order valence-corrected chi connectivity index (χ1v) is 11.2. The number of pyridine rings is 1. The van der Waals surface area contributed by atoms with Crippen LogP contribution in [0, 0.1) is 5.82 Å². The van der Waals surface area contributed by atoms with Crippen LogP contribution in [0.5, 0.6) is 5.75 Å². The molecule has 4 rings (SSSR count). The Balaban J connectivity index is 1.53. The second-order valence-electron chi connectivity index (χ2n) is 9.19. The Kier molecular flexibility index (Phi) is 6.63. The van der Waals surface area contributed by atoms with Crippen molar-refractivity contribution in [1.82, 2.24) is 9.88 Å². The largest absolute Gasteiger partial charge is 0.490 e. The minimum absolute atomic E-state index is 0.0366. The van der Waals surface area contributed by atoms with E-state index in [1.54, 1.807) is 23.2 Å². The number of hydrogen-bond donors (Lipinski definition) is 0. The molecular formula is C27H29FN2O3. The minimum Gasteiger partial charge on any atom is -0.490 e. The van der Waals surface area contributed by atoms with Crippen LogP contribution in [0.25, 0.3) is 22.4 Å². The number of carbonyl (C=O) groups is 1. The molecule has 0 spiro atoms. The number of nitrogens with zero attached hydrogens (tertiary/aromatic N) is 2. The molecule has 0 aliphatic carbocycles. The Morgan fingerprint density at radius 2 is 1.73 bits per heavy atom. The number of benzene rings is 2. The fraction of sp³-hybridized carbons (Fsp3) is 0.333. The summed E-state index contributed by atoms with van der Waals surface area (Å²) in [5.74, 6) is 0.428. The molecule has 1 amide bonds. The van der Waals surface area contributed by atoms with Crippen LogP contribution in [0.4, 0.5) is 9.18 Å². The van der Waals surface area contributed by atoms with Crippen LogP contribution < -0.4 is 4.74 Å². The van der Waals surface area contributed by atoms with Crippen molar-refractivity contribution in [3.8, 4) is 28.1 Å². The molecule has 5 nitrogen and oxygen atoms in total. The Labute approximate surface area is 194 Å². The number of amides is 1. The van der Waals surface area contributed by atoms with E-state index in [2.05, 4.69) is 4.98 Å². The summed E-state index contributed by atoms with van der Waals surface area (Å²) < 4.78 is 26.3. The molecule has 0 saturated carbocycles. The Bertz CT molecular complexity index is 1100. The highest BCUT2D eigenvalue weighted by Crippen LogP contribution is 2.35. The number of rotatable bonds is 4. The zero-order valence-corrected chi connectivity index (χ0v) is 19.3. The average molecular weight is 449 g/mol. The molecule has 3 aromatic rings. The highest BCUT2D eigenvalue weighted by molar-refractivity contribution is 5.76. The number of carbonyl (C=O) groups excluding carboxylic acids is 1. The predicted octanol–water partition coefficient (Wildman–Crippen LogP) is 6.33. The molecule has 33 heavy (non-hydrogen) atoms. The van der Waals surface area contributed by atoms with Crippen molar-refractivity contribution in [2.24, 2.45) is 0 Å². The fourth-order valence-corrected chi connectivity index (χ4v) is 3.88. The number of likely N-dealkylation sites (tertiary alicyclic amines) is 1. The maximum atomic E-state index is 14.4. The van der Waals surface area contributed by atoms with E-state index in [1.807, 2.05) is 63.2 Å². The van der Waals surface area contributed by atoms with E-state index in [0.717, 1.165) is 16.8 Å². The standard InChI is InChI=1S/C27H29FN2O3/c1-27(2,3)33-26(31)30-16-13-20(14-17-30)32-25-12-11-19(21-8-4-5-9-23(21)28)18-22(25)24-10-6-7-15-29-24/h4-12,15,18,20H,13-14,16-17H2,1-3H3. The van der Waals surface area contributed by atoms with E-state index in [-0.39, 0.29) is 18.0 Å². The van der Waals surface area contributed by atoms with E-state index in [9.17, 15) is 9.18 Å². The Morgan fingerprint density at radius 3 is 2.39 bits per heavy atom. The first-order chi connectivity index (χ1) is 15.8. The quantitative estimate of drug-likeness (QED) is 0.468. The predicted molar refractivity (Wildman–Crippen MR) is 127 cm³/mol. The highest BCUT2D eigenvalue weighted by Gasteiger charge is 2.28. The molecule has 1 fully saturated rings. The summed E-state index contributed by atoms with van der Waals surface area (Å²) in [5.41, 5.74) is 2.36. The third kappa shape index (κ3) is 5.69. The van der Waals surface area contributed by atoms with Crippen LogP contribution in [0.2, 0.25) is 0 Å². The SMILES string of the molecule is CC(C)(C)OC(=O)N1CCC(Oc2ccc(-c3ccccc3F)cc2-c2ccccn2)CC1.